The molecule has 102 valence electrons. The van der Waals surface area contributed by atoms with E-state index in [1.165, 1.54) is 12.3 Å². The van der Waals surface area contributed by atoms with Crippen molar-refractivity contribution in [1.82, 2.24) is 9.55 Å². The quantitative estimate of drug-likeness (QED) is 0.620. The van der Waals surface area contributed by atoms with Gasteiger partial charge >= 0.3 is 11.2 Å². The van der Waals surface area contributed by atoms with Gasteiger partial charge in [0.2, 0.25) is 0 Å². The lowest BCUT2D eigenvalue weighted by atomic mass is 10.3. The Morgan fingerprint density at radius 3 is 2.40 bits per heavy atom. The van der Waals surface area contributed by atoms with Crippen molar-refractivity contribution in [3.8, 4) is 5.82 Å². The third-order valence-electron chi connectivity index (χ3n) is 2.35. The molecule has 9 nitrogen and oxygen atoms in total. The normalized spacial score (nSPS) is 10.2. The van der Waals surface area contributed by atoms with Crippen LogP contribution in [0, 0.1) is 20.2 Å². The average molecular weight is 341 g/mol. The van der Waals surface area contributed by atoms with Crippen molar-refractivity contribution >= 4 is 27.3 Å². The van der Waals surface area contributed by atoms with Crippen LogP contribution in [0.1, 0.15) is 0 Å². The SMILES string of the molecule is O=c1c([N+](=O)[O-])cc([N+](=O)[O-])cn1-c1ccc(Br)cn1. The average Bonchev–Trinajstić information content (AvgIpc) is 2.39. The first-order valence-corrected chi connectivity index (χ1v) is 5.87. The van der Waals surface area contributed by atoms with E-state index in [9.17, 15) is 25.0 Å². The summed E-state index contributed by atoms with van der Waals surface area (Å²) in [6.07, 6.45) is 2.26. The maximum atomic E-state index is 11.9. The van der Waals surface area contributed by atoms with Crippen LogP contribution in [0.3, 0.4) is 0 Å². The molecule has 0 atom stereocenters. The van der Waals surface area contributed by atoms with Crippen LogP contribution in [-0.2, 0) is 0 Å². The summed E-state index contributed by atoms with van der Waals surface area (Å²) in [7, 11) is 0. The molecule has 0 amide bonds. The van der Waals surface area contributed by atoms with E-state index in [4.69, 9.17) is 0 Å². The number of nitro groups is 2. The van der Waals surface area contributed by atoms with E-state index in [0.717, 1.165) is 10.8 Å². The molecule has 0 N–H and O–H groups in total. The van der Waals surface area contributed by atoms with Gasteiger partial charge in [-0.3, -0.25) is 29.6 Å². The Hall–Kier alpha value is -2.62. The Bertz CT molecular complexity index is 755. The van der Waals surface area contributed by atoms with Gasteiger partial charge in [-0.2, -0.15) is 0 Å². The lowest BCUT2D eigenvalue weighted by Crippen LogP contribution is -2.22. The molecule has 0 saturated carbocycles. The molecule has 0 aromatic carbocycles. The molecule has 10 heteroatoms. The van der Waals surface area contributed by atoms with Crippen LogP contribution in [0.5, 0.6) is 0 Å². The lowest BCUT2D eigenvalue weighted by Gasteiger charge is -2.04. The van der Waals surface area contributed by atoms with E-state index in [1.807, 2.05) is 0 Å². The van der Waals surface area contributed by atoms with E-state index in [2.05, 4.69) is 20.9 Å². The minimum absolute atomic E-state index is 0.0463. The Balaban J connectivity index is 2.74. The number of hydrogen-bond donors (Lipinski definition) is 0. The molecule has 0 aliphatic heterocycles. The van der Waals surface area contributed by atoms with Crippen LogP contribution < -0.4 is 5.56 Å². The molecule has 0 saturated heterocycles. The molecule has 0 fully saturated rings. The second-order valence-electron chi connectivity index (χ2n) is 3.61. The van der Waals surface area contributed by atoms with E-state index >= 15 is 0 Å². The van der Waals surface area contributed by atoms with Gasteiger partial charge in [-0.15, -0.1) is 0 Å². The first kappa shape index (κ1) is 13.8. The molecule has 20 heavy (non-hydrogen) atoms. The molecule has 0 aliphatic rings. The summed E-state index contributed by atoms with van der Waals surface area (Å²) >= 11 is 3.15. The zero-order chi connectivity index (χ0) is 14.9. The predicted molar refractivity (Wildman–Crippen MR) is 70.8 cm³/mol. The highest BCUT2D eigenvalue weighted by Crippen LogP contribution is 2.18. The maximum Gasteiger partial charge on any atom is 0.341 e. The summed E-state index contributed by atoms with van der Waals surface area (Å²) < 4.78 is 1.40. The van der Waals surface area contributed by atoms with Gasteiger partial charge < -0.3 is 0 Å². The van der Waals surface area contributed by atoms with Gasteiger partial charge in [-0.05, 0) is 28.1 Å². The van der Waals surface area contributed by atoms with Gasteiger partial charge in [0.15, 0.2) is 0 Å². The highest BCUT2D eigenvalue weighted by Gasteiger charge is 2.22. The first-order valence-electron chi connectivity index (χ1n) is 5.07. The van der Waals surface area contributed by atoms with Crippen molar-refractivity contribution in [2.45, 2.75) is 0 Å². The second-order valence-corrected chi connectivity index (χ2v) is 4.52. The highest BCUT2D eigenvalue weighted by molar-refractivity contribution is 9.10. The molecular formula is C10H5BrN4O5. The predicted octanol–water partition coefficient (Wildman–Crippen LogP) is 1.81. The van der Waals surface area contributed by atoms with Crippen molar-refractivity contribution in [1.29, 1.82) is 0 Å². The maximum absolute atomic E-state index is 11.9. The number of halogens is 1. The summed E-state index contributed by atoms with van der Waals surface area (Å²) in [5.74, 6) is 0.0463. The fourth-order valence-corrected chi connectivity index (χ4v) is 1.70. The molecule has 0 unspecified atom stereocenters. The Labute approximate surface area is 118 Å². The van der Waals surface area contributed by atoms with Crippen molar-refractivity contribution in [2.75, 3.05) is 0 Å². The third kappa shape index (κ3) is 2.54. The van der Waals surface area contributed by atoms with E-state index in [-0.39, 0.29) is 5.82 Å². The van der Waals surface area contributed by atoms with Gasteiger partial charge in [-0.1, -0.05) is 0 Å². The summed E-state index contributed by atoms with van der Waals surface area (Å²) in [5.41, 5.74) is -2.44. The van der Waals surface area contributed by atoms with E-state index in [0.29, 0.717) is 10.5 Å². The van der Waals surface area contributed by atoms with Gasteiger partial charge in [0.25, 0.3) is 5.69 Å². The molecule has 2 heterocycles. The molecule has 0 spiro atoms. The second kappa shape index (κ2) is 5.17. The van der Waals surface area contributed by atoms with Gasteiger partial charge in [0, 0.05) is 10.7 Å². The van der Waals surface area contributed by atoms with Crippen LogP contribution in [0.2, 0.25) is 0 Å². The van der Waals surface area contributed by atoms with Crippen molar-refractivity contribution in [2.24, 2.45) is 0 Å². The highest BCUT2D eigenvalue weighted by atomic mass is 79.9. The summed E-state index contributed by atoms with van der Waals surface area (Å²) in [4.78, 5) is 35.6. The molecule has 2 aromatic rings. The lowest BCUT2D eigenvalue weighted by molar-refractivity contribution is -0.395. The third-order valence-corrected chi connectivity index (χ3v) is 2.82. The Morgan fingerprint density at radius 1 is 1.20 bits per heavy atom. The van der Waals surface area contributed by atoms with Crippen molar-refractivity contribution in [3.05, 3.63) is 65.6 Å². The number of aromatic nitrogens is 2. The van der Waals surface area contributed by atoms with Crippen molar-refractivity contribution < 1.29 is 9.85 Å². The Morgan fingerprint density at radius 2 is 1.90 bits per heavy atom. The molecule has 2 aromatic heterocycles. The van der Waals surface area contributed by atoms with Crippen LogP contribution in [0.15, 0.2) is 39.9 Å². The number of hydrogen-bond acceptors (Lipinski definition) is 6. The fourth-order valence-electron chi connectivity index (χ4n) is 1.46. The zero-order valence-corrected chi connectivity index (χ0v) is 11.2. The van der Waals surface area contributed by atoms with E-state index in [1.54, 1.807) is 6.07 Å². The van der Waals surface area contributed by atoms with E-state index < -0.39 is 26.8 Å². The van der Waals surface area contributed by atoms with Gasteiger partial charge in [0.1, 0.15) is 11.9 Å². The van der Waals surface area contributed by atoms with Gasteiger partial charge in [0.05, 0.1) is 16.0 Å². The molecular weight excluding hydrogens is 336 g/mol. The number of pyridine rings is 2. The minimum atomic E-state index is -0.990. The largest absolute Gasteiger partial charge is 0.341 e. The summed E-state index contributed by atoms with van der Waals surface area (Å²) in [6.45, 7) is 0. The summed E-state index contributed by atoms with van der Waals surface area (Å²) in [6, 6.07) is 3.58. The molecule has 0 bridgehead atoms. The summed E-state index contributed by atoms with van der Waals surface area (Å²) in [5, 5.41) is 21.5. The van der Waals surface area contributed by atoms with Crippen molar-refractivity contribution in [3.63, 3.8) is 0 Å². The fraction of sp³-hybridized carbons (Fsp3) is 0. The first-order chi connectivity index (χ1) is 9.40. The Kier molecular flexibility index (Phi) is 3.57. The smallest absolute Gasteiger partial charge is 0.261 e. The van der Waals surface area contributed by atoms with Gasteiger partial charge in [-0.25, -0.2) is 4.98 Å². The van der Waals surface area contributed by atoms with Crippen LogP contribution in [-0.4, -0.2) is 19.4 Å². The zero-order valence-electron chi connectivity index (χ0n) is 9.59. The monoisotopic (exact) mass is 340 g/mol. The molecule has 2 rings (SSSR count). The molecule has 0 aliphatic carbocycles. The number of rotatable bonds is 3. The van der Waals surface area contributed by atoms with Crippen LogP contribution in [0.25, 0.3) is 5.82 Å². The van der Waals surface area contributed by atoms with Crippen LogP contribution in [0.4, 0.5) is 11.4 Å². The topological polar surface area (TPSA) is 121 Å². The standard InChI is InChI=1S/C10H5BrN4O5/c11-6-1-2-9(12-4-6)13-5-7(14(17)18)3-8(10(13)16)15(19)20/h1-5H. The molecule has 0 radical (unpaired) electrons. The minimum Gasteiger partial charge on any atom is -0.261 e. The number of nitrogens with zero attached hydrogens (tertiary/aromatic N) is 4. The van der Waals surface area contributed by atoms with Crippen LogP contribution >= 0.6 is 15.9 Å².